The summed E-state index contributed by atoms with van der Waals surface area (Å²) in [4.78, 5) is 23.1. The van der Waals surface area contributed by atoms with Crippen LogP contribution in [0.1, 0.15) is 22.8 Å². The first-order valence-corrected chi connectivity index (χ1v) is 5.85. The van der Waals surface area contributed by atoms with Gasteiger partial charge in [0, 0.05) is 6.07 Å². The summed E-state index contributed by atoms with van der Waals surface area (Å²) >= 11 is 2.92. The molecule has 1 heterocycles. The van der Waals surface area contributed by atoms with E-state index >= 15 is 0 Å². The van der Waals surface area contributed by atoms with Crippen molar-refractivity contribution in [3.63, 3.8) is 0 Å². The van der Waals surface area contributed by atoms with Gasteiger partial charge in [-0.15, -0.1) is 0 Å². The minimum absolute atomic E-state index is 0.0484. The largest absolute Gasteiger partial charge is 0.448 e. The Morgan fingerprint density at radius 2 is 1.89 bits per heavy atom. The molecule has 2 aromatic rings. The first kappa shape index (κ1) is 13.8. The molecule has 0 aliphatic heterocycles. The summed E-state index contributed by atoms with van der Waals surface area (Å²) in [5, 5.41) is -0.275. The van der Waals surface area contributed by atoms with Crippen molar-refractivity contribution in [2.45, 2.75) is 13.1 Å². The van der Waals surface area contributed by atoms with Gasteiger partial charge in [-0.3, -0.25) is 9.59 Å². The van der Waals surface area contributed by atoms with E-state index < -0.39 is 23.0 Å². The molecule has 0 aliphatic carbocycles. The molecule has 1 aromatic heterocycles. The van der Waals surface area contributed by atoms with Crippen molar-refractivity contribution in [1.29, 1.82) is 0 Å². The van der Waals surface area contributed by atoms with Gasteiger partial charge in [-0.05, 0) is 35.0 Å². The van der Waals surface area contributed by atoms with E-state index in [1.807, 2.05) is 0 Å². The van der Waals surface area contributed by atoms with Crippen LogP contribution in [0.4, 0.5) is 13.2 Å². The van der Waals surface area contributed by atoms with Gasteiger partial charge in [-0.2, -0.15) is 13.2 Å². The van der Waals surface area contributed by atoms with Crippen molar-refractivity contribution in [3.05, 3.63) is 44.2 Å². The highest BCUT2D eigenvalue weighted by molar-refractivity contribution is 9.10. The van der Waals surface area contributed by atoms with Crippen LogP contribution >= 0.6 is 15.9 Å². The van der Waals surface area contributed by atoms with Gasteiger partial charge >= 0.3 is 6.18 Å². The number of carbonyl (C=O) groups excluding carboxylic acids is 1. The maximum atomic E-state index is 12.7. The van der Waals surface area contributed by atoms with Crippen LogP contribution in [0.2, 0.25) is 0 Å². The molecule has 0 spiro atoms. The van der Waals surface area contributed by atoms with Gasteiger partial charge < -0.3 is 4.42 Å². The minimum atomic E-state index is -4.64. The van der Waals surface area contributed by atoms with Crippen LogP contribution in [0, 0.1) is 0 Å². The number of halogens is 4. The van der Waals surface area contributed by atoms with E-state index in [0.717, 1.165) is 13.0 Å². The third-order valence-electron chi connectivity index (χ3n) is 2.51. The molecule has 0 bridgehead atoms. The maximum Gasteiger partial charge on any atom is 0.416 e. The van der Waals surface area contributed by atoms with Crippen molar-refractivity contribution >= 4 is 32.7 Å². The number of hydrogen-bond acceptors (Lipinski definition) is 3. The van der Waals surface area contributed by atoms with Gasteiger partial charge in [0.25, 0.3) is 0 Å². The number of ketones is 1. The van der Waals surface area contributed by atoms with Crippen LogP contribution in [0.5, 0.6) is 0 Å². The molecular formula is C12H6BrF3O3. The fraction of sp³-hybridized carbons (Fsp3) is 0.167. The van der Waals surface area contributed by atoms with Gasteiger partial charge in [0.1, 0.15) is 5.58 Å². The summed E-state index contributed by atoms with van der Waals surface area (Å²) < 4.78 is 43.3. The molecule has 0 saturated carbocycles. The second kappa shape index (κ2) is 4.48. The van der Waals surface area contributed by atoms with Gasteiger partial charge in [0.05, 0.1) is 16.5 Å². The Balaban J connectivity index is 2.96. The van der Waals surface area contributed by atoms with Gasteiger partial charge in [-0.1, -0.05) is 0 Å². The normalized spacial score (nSPS) is 11.8. The summed E-state index contributed by atoms with van der Waals surface area (Å²) in [7, 11) is 0. The van der Waals surface area contributed by atoms with E-state index in [4.69, 9.17) is 4.42 Å². The zero-order valence-electron chi connectivity index (χ0n) is 9.47. The molecule has 1 aromatic carbocycles. The number of hydrogen-bond donors (Lipinski definition) is 0. The number of carbonyl (C=O) groups is 1. The van der Waals surface area contributed by atoms with Crippen molar-refractivity contribution in [2.75, 3.05) is 0 Å². The van der Waals surface area contributed by atoms with E-state index in [0.29, 0.717) is 12.1 Å². The number of rotatable bonds is 1. The van der Waals surface area contributed by atoms with E-state index in [9.17, 15) is 22.8 Å². The Labute approximate surface area is 113 Å². The van der Waals surface area contributed by atoms with Crippen LogP contribution in [0.25, 0.3) is 11.0 Å². The molecule has 7 heteroatoms. The van der Waals surface area contributed by atoms with E-state index in [2.05, 4.69) is 15.9 Å². The average Bonchev–Trinajstić information content (AvgIpc) is 2.25. The first-order chi connectivity index (χ1) is 8.70. The highest BCUT2D eigenvalue weighted by atomic mass is 79.9. The lowest BCUT2D eigenvalue weighted by Crippen LogP contribution is -2.10. The number of fused-ring (bicyclic) bond motifs is 1. The van der Waals surface area contributed by atoms with Gasteiger partial charge in [-0.25, -0.2) is 0 Å². The lowest BCUT2D eigenvalue weighted by atomic mass is 10.0. The van der Waals surface area contributed by atoms with E-state index in [1.165, 1.54) is 0 Å². The summed E-state index contributed by atoms with van der Waals surface area (Å²) in [5.41, 5.74) is -2.13. The first-order valence-electron chi connectivity index (χ1n) is 5.05. The van der Waals surface area contributed by atoms with Crippen molar-refractivity contribution in [2.24, 2.45) is 0 Å². The number of benzene rings is 1. The molecule has 0 N–H and O–H groups in total. The van der Waals surface area contributed by atoms with Crippen LogP contribution in [0.15, 0.2) is 32.1 Å². The molecular weight excluding hydrogens is 329 g/mol. The monoisotopic (exact) mass is 334 g/mol. The minimum Gasteiger partial charge on any atom is -0.448 e. The van der Waals surface area contributed by atoms with Crippen molar-refractivity contribution < 1.29 is 22.4 Å². The molecule has 100 valence electrons. The summed E-state index contributed by atoms with van der Waals surface area (Å²) in [6.45, 7) is 1.11. The highest BCUT2D eigenvalue weighted by Crippen LogP contribution is 2.33. The lowest BCUT2D eigenvalue weighted by molar-refractivity contribution is -0.137. The zero-order valence-corrected chi connectivity index (χ0v) is 11.1. The molecule has 19 heavy (non-hydrogen) atoms. The van der Waals surface area contributed by atoms with Crippen LogP contribution in [0.3, 0.4) is 0 Å². The fourth-order valence-corrected chi connectivity index (χ4v) is 2.02. The summed E-state index contributed by atoms with van der Waals surface area (Å²) in [6, 6.07) is 2.37. The van der Waals surface area contributed by atoms with Crippen LogP contribution in [-0.2, 0) is 6.18 Å². The van der Waals surface area contributed by atoms with E-state index in [1.54, 1.807) is 0 Å². The van der Waals surface area contributed by atoms with Crippen LogP contribution in [-0.4, -0.2) is 5.78 Å². The fourth-order valence-electron chi connectivity index (χ4n) is 1.65. The Morgan fingerprint density at radius 3 is 2.42 bits per heavy atom. The Hall–Kier alpha value is -1.63. The standard InChI is InChI=1S/C12H6BrF3O3/c1-5(17)7-2-6(12(14,15)16)3-8-9(18)4-10(13)19-11(7)8/h2-4H,1H3. The van der Waals surface area contributed by atoms with Crippen LogP contribution < -0.4 is 5.43 Å². The second-order valence-electron chi connectivity index (χ2n) is 3.87. The molecule has 2 rings (SSSR count). The second-order valence-corrected chi connectivity index (χ2v) is 4.65. The SMILES string of the molecule is CC(=O)c1cc(C(F)(F)F)cc2c(=O)cc(Br)oc12. The lowest BCUT2D eigenvalue weighted by Gasteiger charge is -2.10. The van der Waals surface area contributed by atoms with Gasteiger partial charge in [0.15, 0.2) is 15.9 Å². The van der Waals surface area contributed by atoms with Crippen molar-refractivity contribution in [1.82, 2.24) is 0 Å². The molecule has 0 amide bonds. The third kappa shape index (κ3) is 2.56. The quantitative estimate of drug-likeness (QED) is 0.745. The molecule has 0 aliphatic rings. The third-order valence-corrected chi connectivity index (χ3v) is 2.90. The topological polar surface area (TPSA) is 47.3 Å². The highest BCUT2D eigenvalue weighted by Gasteiger charge is 2.32. The van der Waals surface area contributed by atoms with E-state index in [-0.39, 0.29) is 21.2 Å². The zero-order chi connectivity index (χ0) is 14.4. The Bertz CT molecular complexity index is 731. The van der Waals surface area contributed by atoms with Crippen molar-refractivity contribution in [3.8, 4) is 0 Å². The smallest absolute Gasteiger partial charge is 0.416 e. The predicted molar refractivity (Wildman–Crippen MR) is 65.2 cm³/mol. The molecule has 0 radical (unpaired) electrons. The predicted octanol–water partition coefficient (Wildman–Crippen LogP) is 3.78. The summed E-state index contributed by atoms with van der Waals surface area (Å²) in [5.74, 6) is -0.614. The number of alkyl halides is 3. The molecule has 0 fully saturated rings. The maximum absolute atomic E-state index is 12.7. The molecule has 3 nitrogen and oxygen atoms in total. The average molecular weight is 335 g/mol. The Morgan fingerprint density at radius 1 is 1.26 bits per heavy atom. The molecule has 0 unspecified atom stereocenters. The summed E-state index contributed by atoms with van der Waals surface area (Å²) in [6.07, 6.45) is -4.64. The molecule has 0 atom stereocenters. The van der Waals surface area contributed by atoms with Gasteiger partial charge in [0.2, 0.25) is 0 Å². The molecule has 0 saturated heterocycles. The number of Topliss-reactive ketones (excluding diaryl/α,β-unsaturated/α-hetero) is 1. The Kier molecular flexibility index (Phi) is 3.25.